The van der Waals surface area contributed by atoms with E-state index < -0.39 is 0 Å². The van der Waals surface area contributed by atoms with E-state index in [0.29, 0.717) is 5.92 Å². The summed E-state index contributed by atoms with van der Waals surface area (Å²) in [6.07, 6.45) is 0.901. The zero-order valence-electron chi connectivity index (χ0n) is 12.0. The quantitative estimate of drug-likeness (QED) is 0.814. The van der Waals surface area contributed by atoms with Crippen molar-refractivity contribution >= 4 is 28.8 Å². The standard InChI is InChI=1S/C15H22N2OS/c1-10(2)14(18)17-13-7-5-12(6-8-13)9-11(3)15(19)16-4/h5-8,10-11H,9H2,1-4H3,(H,16,19)(H,17,18). The van der Waals surface area contributed by atoms with Crippen molar-refractivity contribution in [1.82, 2.24) is 5.32 Å². The molecule has 4 heteroatoms. The Bertz CT molecular complexity index is 440. The molecule has 19 heavy (non-hydrogen) atoms. The van der Waals surface area contributed by atoms with Crippen molar-refractivity contribution in [3.05, 3.63) is 29.8 Å². The summed E-state index contributed by atoms with van der Waals surface area (Å²) in [5.74, 6) is 0.348. The average molecular weight is 278 g/mol. The van der Waals surface area contributed by atoms with Gasteiger partial charge in [0.15, 0.2) is 0 Å². The van der Waals surface area contributed by atoms with Crippen molar-refractivity contribution in [2.24, 2.45) is 11.8 Å². The zero-order valence-corrected chi connectivity index (χ0v) is 12.8. The molecule has 0 aliphatic rings. The molecule has 0 aromatic heterocycles. The first-order valence-corrected chi connectivity index (χ1v) is 6.96. The average Bonchev–Trinajstić information content (AvgIpc) is 2.39. The number of thiocarbonyl (C=S) groups is 1. The summed E-state index contributed by atoms with van der Waals surface area (Å²) < 4.78 is 0. The fourth-order valence-corrected chi connectivity index (χ4v) is 1.79. The van der Waals surface area contributed by atoms with Gasteiger partial charge in [0.1, 0.15) is 0 Å². The summed E-state index contributed by atoms with van der Waals surface area (Å²) in [6.45, 7) is 5.86. The summed E-state index contributed by atoms with van der Waals surface area (Å²) in [6, 6.07) is 7.94. The van der Waals surface area contributed by atoms with Crippen molar-refractivity contribution in [3.8, 4) is 0 Å². The maximum absolute atomic E-state index is 11.6. The van der Waals surface area contributed by atoms with E-state index in [0.717, 1.165) is 17.1 Å². The highest BCUT2D eigenvalue weighted by Gasteiger charge is 2.09. The monoisotopic (exact) mass is 278 g/mol. The fraction of sp³-hybridized carbons (Fsp3) is 0.467. The largest absolute Gasteiger partial charge is 0.383 e. The summed E-state index contributed by atoms with van der Waals surface area (Å²) >= 11 is 5.22. The molecule has 0 heterocycles. The summed E-state index contributed by atoms with van der Waals surface area (Å²) in [4.78, 5) is 12.4. The topological polar surface area (TPSA) is 41.1 Å². The molecule has 1 aromatic rings. The van der Waals surface area contributed by atoms with Crippen LogP contribution in [-0.4, -0.2) is 17.9 Å². The molecule has 0 saturated carbocycles. The van der Waals surface area contributed by atoms with Gasteiger partial charge in [0.25, 0.3) is 0 Å². The lowest BCUT2D eigenvalue weighted by Crippen LogP contribution is -2.24. The van der Waals surface area contributed by atoms with Crippen LogP contribution in [0, 0.1) is 11.8 Å². The van der Waals surface area contributed by atoms with Gasteiger partial charge in [0, 0.05) is 24.6 Å². The molecule has 104 valence electrons. The van der Waals surface area contributed by atoms with Gasteiger partial charge in [-0.2, -0.15) is 0 Å². The molecule has 0 saturated heterocycles. The molecule has 1 unspecified atom stereocenters. The zero-order chi connectivity index (χ0) is 14.4. The lowest BCUT2D eigenvalue weighted by molar-refractivity contribution is -0.118. The Balaban J connectivity index is 2.61. The Morgan fingerprint density at radius 2 is 1.79 bits per heavy atom. The molecular weight excluding hydrogens is 256 g/mol. The fourth-order valence-electron chi connectivity index (χ4n) is 1.70. The van der Waals surface area contributed by atoms with Crippen LogP contribution in [0.2, 0.25) is 0 Å². The number of carbonyl (C=O) groups excluding carboxylic acids is 1. The van der Waals surface area contributed by atoms with E-state index in [1.165, 1.54) is 5.56 Å². The second kappa shape index (κ2) is 7.24. The molecule has 0 spiro atoms. The predicted molar refractivity (Wildman–Crippen MR) is 84.4 cm³/mol. The molecule has 0 fully saturated rings. The van der Waals surface area contributed by atoms with E-state index in [1.807, 2.05) is 45.2 Å². The lowest BCUT2D eigenvalue weighted by Gasteiger charge is -2.13. The minimum atomic E-state index is -0.00676. The number of hydrogen-bond donors (Lipinski definition) is 2. The molecule has 3 nitrogen and oxygen atoms in total. The molecule has 0 aliphatic heterocycles. The molecule has 1 aromatic carbocycles. The smallest absolute Gasteiger partial charge is 0.226 e. The normalized spacial score (nSPS) is 12.1. The van der Waals surface area contributed by atoms with Gasteiger partial charge in [-0.3, -0.25) is 4.79 Å². The van der Waals surface area contributed by atoms with Crippen molar-refractivity contribution in [2.45, 2.75) is 27.2 Å². The first kappa shape index (κ1) is 15.6. The maximum atomic E-state index is 11.6. The van der Waals surface area contributed by atoms with Crippen molar-refractivity contribution < 1.29 is 4.79 Å². The molecule has 1 amide bonds. The Kier molecular flexibility index (Phi) is 5.96. The molecule has 1 rings (SSSR count). The molecule has 0 bridgehead atoms. The third-order valence-electron chi connectivity index (χ3n) is 2.98. The van der Waals surface area contributed by atoms with Gasteiger partial charge in [-0.25, -0.2) is 0 Å². The number of anilines is 1. The Hall–Kier alpha value is -1.42. The van der Waals surface area contributed by atoms with Crippen LogP contribution in [0.3, 0.4) is 0 Å². The van der Waals surface area contributed by atoms with Gasteiger partial charge in [-0.1, -0.05) is 45.1 Å². The molecule has 1 atom stereocenters. The van der Waals surface area contributed by atoms with Crippen molar-refractivity contribution in [3.63, 3.8) is 0 Å². The molecular formula is C15H22N2OS. The van der Waals surface area contributed by atoms with Gasteiger partial charge in [-0.05, 0) is 24.1 Å². The van der Waals surface area contributed by atoms with E-state index in [9.17, 15) is 4.79 Å². The number of hydrogen-bond acceptors (Lipinski definition) is 2. The van der Waals surface area contributed by atoms with E-state index in [-0.39, 0.29) is 11.8 Å². The maximum Gasteiger partial charge on any atom is 0.226 e. The van der Waals surface area contributed by atoms with Crippen LogP contribution < -0.4 is 10.6 Å². The minimum Gasteiger partial charge on any atom is -0.383 e. The predicted octanol–water partition coefficient (Wildman–Crippen LogP) is 3.01. The van der Waals surface area contributed by atoms with E-state index in [1.54, 1.807) is 0 Å². The van der Waals surface area contributed by atoms with Crippen LogP contribution in [0.4, 0.5) is 5.69 Å². The molecule has 2 N–H and O–H groups in total. The minimum absolute atomic E-state index is 0.00676. The summed E-state index contributed by atoms with van der Waals surface area (Å²) in [5, 5.41) is 5.89. The van der Waals surface area contributed by atoms with Crippen LogP contribution in [-0.2, 0) is 11.2 Å². The van der Waals surface area contributed by atoms with Crippen LogP contribution in [0.25, 0.3) is 0 Å². The number of rotatable bonds is 5. The van der Waals surface area contributed by atoms with Gasteiger partial charge in [0.2, 0.25) is 5.91 Å². The van der Waals surface area contributed by atoms with E-state index >= 15 is 0 Å². The third-order valence-corrected chi connectivity index (χ3v) is 3.59. The van der Waals surface area contributed by atoms with E-state index in [4.69, 9.17) is 12.2 Å². The van der Waals surface area contributed by atoms with Gasteiger partial charge in [-0.15, -0.1) is 0 Å². The van der Waals surface area contributed by atoms with Crippen molar-refractivity contribution in [2.75, 3.05) is 12.4 Å². The highest BCUT2D eigenvalue weighted by molar-refractivity contribution is 7.80. The number of amides is 1. The first-order valence-electron chi connectivity index (χ1n) is 6.55. The van der Waals surface area contributed by atoms with Gasteiger partial charge >= 0.3 is 0 Å². The van der Waals surface area contributed by atoms with Gasteiger partial charge in [0.05, 0.1) is 4.99 Å². The van der Waals surface area contributed by atoms with Crippen LogP contribution >= 0.6 is 12.2 Å². The highest BCUT2D eigenvalue weighted by atomic mass is 32.1. The first-order chi connectivity index (χ1) is 8.93. The Morgan fingerprint density at radius 1 is 1.21 bits per heavy atom. The number of nitrogens with one attached hydrogen (secondary N) is 2. The summed E-state index contributed by atoms with van der Waals surface area (Å²) in [7, 11) is 1.85. The Labute approximate surface area is 120 Å². The van der Waals surface area contributed by atoms with E-state index in [2.05, 4.69) is 17.6 Å². The second-order valence-corrected chi connectivity index (χ2v) is 5.50. The Morgan fingerprint density at radius 3 is 2.26 bits per heavy atom. The third kappa shape index (κ3) is 4.99. The molecule has 0 aliphatic carbocycles. The molecule has 0 radical (unpaired) electrons. The van der Waals surface area contributed by atoms with Crippen LogP contribution in [0.15, 0.2) is 24.3 Å². The SMILES string of the molecule is CNC(=S)C(C)Cc1ccc(NC(=O)C(C)C)cc1. The highest BCUT2D eigenvalue weighted by Crippen LogP contribution is 2.14. The van der Waals surface area contributed by atoms with Crippen LogP contribution in [0.5, 0.6) is 0 Å². The summed E-state index contributed by atoms with van der Waals surface area (Å²) in [5.41, 5.74) is 2.05. The van der Waals surface area contributed by atoms with Gasteiger partial charge < -0.3 is 10.6 Å². The lowest BCUT2D eigenvalue weighted by atomic mass is 10.0. The number of benzene rings is 1. The second-order valence-electron chi connectivity index (χ2n) is 5.06. The van der Waals surface area contributed by atoms with Crippen molar-refractivity contribution in [1.29, 1.82) is 0 Å². The van der Waals surface area contributed by atoms with Crippen LogP contribution in [0.1, 0.15) is 26.3 Å². The number of carbonyl (C=O) groups is 1.